The van der Waals surface area contributed by atoms with Gasteiger partial charge in [-0.25, -0.2) is 0 Å². The van der Waals surface area contributed by atoms with Gasteiger partial charge in [0.2, 0.25) is 12.2 Å². The summed E-state index contributed by atoms with van der Waals surface area (Å²) in [6, 6.07) is 7.53. The van der Waals surface area contributed by atoms with E-state index < -0.39 is 55.1 Å². The third-order valence-electron chi connectivity index (χ3n) is 5.22. The molecule has 33 heavy (non-hydrogen) atoms. The van der Waals surface area contributed by atoms with Crippen molar-refractivity contribution in [3.8, 4) is 5.88 Å². The van der Waals surface area contributed by atoms with Crippen LogP contribution in [0.25, 0.3) is 0 Å². The third kappa shape index (κ3) is 6.19. The molecule has 0 unspecified atom stereocenters. The van der Waals surface area contributed by atoms with Gasteiger partial charge in [-0.15, -0.1) is 16.9 Å². The van der Waals surface area contributed by atoms with Crippen LogP contribution in [0.2, 0.25) is 0 Å². The quantitative estimate of drug-likeness (QED) is 0.336. The Morgan fingerprint density at radius 3 is 2.58 bits per heavy atom. The van der Waals surface area contributed by atoms with Crippen molar-refractivity contribution in [1.82, 2.24) is 10.2 Å². The highest BCUT2D eigenvalue weighted by atomic mass is 32.2. The first-order valence-corrected chi connectivity index (χ1v) is 11.5. The van der Waals surface area contributed by atoms with Crippen LogP contribution in [0, 0.1) is 0 Å². The number of nitrogens with one attached hydrogen (secondary N) is 1. The summed E-state index contributed by atoms with van der Waals surface area (Å²) >= 11 is 1.66. The standard InChI is InChI=1S/C21H27F3N2O6S/c1-2-8-33-12-5-3-4-11(9-12)6-7-13-18(21(22,23)24)25-26-19(13)32-20-17(30)16(29)15(28)14(10-27)31-20/h3-5,9,14-17,20,27-30H,2,6-8,10H2,1H3,(H,25,26)/t14-,15-,16+,17-,20+/m1/s1. The van der Waals surface area contributed by atoms with Gasteiger partial charge in [0.1, 0.15) is 30.1 Å². The maximum absolute atomic E-state index is 13.6. The van der Waals surface area contributed by atoms with Crippen molar-refractivity contribution in [3.63, 3.8) is 0 Å². The molecule has 5 atom stereocenters. The van der Waals surface area contributed by atoms with Gasteiger partial charge in [-0.2, -0.15) is 13.2 Å². The Hall–Kier alpha value is -1.83. The van der Waals surface area contributed by atoms with Crippen LogP contribution < -0.4 is 4.74 Å². The maximum atomic E-state index is 13.6. The van der Waals surface area contributed by atoms with E-state index in [1.807, 2.05) is 29.4 Å². The van der Waals surface area contributed by atoms with E-state index in [-0.39, 0.29) is 18.4 Å². The predicted molar refractivity (Wildman–Crippen MR) is 113 cm³/mol. The Morgan fingerprint density at radius 1 is 1.15 bits per heavy atom. The summed E-state index contributed by atoms with van der Waals surface area (Å²) in [6.45, 7) is 1.36. The van der Waals surface area contributed by atoms with Crippen LogP contribution in [0.4, 0.5) is 13.2 Å². The lowest BCUT2D eigenvalue weighted by Crippen LogP contribution is -2.60. The van der Waals surface area contributed by atoms with E-state index in [0.29, 0.717) is 0 Å². The van der Waals surface area contributed by atoms with E-state index in [0.717, 1.165) is 22.6 Å². The Labute approximate surface area is 192 Å². The number of aromatic amines is 1. The number of hydrogen-bond donors (Lipinski definition) is 5. The zero-order chi connectivity index (χ0) is 24.2. The van der Waals surface area contributed by atoms with E-state index >= 15 is 0 Å². The molecule has 1 aromatic carbocycles. The van der Waals surface area contributed by atoms with Crippen molar-refractivity contribution >= 4 is 11.8 Å². The molecule has 2 aromatic rings. The maximum Gasteiger partial charge on any atom is 0.433 e. The van der Waals surface area contributed by atoms with E-state index in [4.69, 9.17) is 9.47 Å². The minimum absolute atomic E-state index is 0.0694. The van der Waals surface area contributed by atoms with E-state index in [1.54, 1.807) is 11.8 Å². The second kappa shape index (κ2) is 11.1. The Kier molecular flexibility index (Phi) is 8.65. The van der Waals surface area contributed by atoms with Gasteiger partial charge in [0.25, 0.3) is 0 Å². The summed E-state index contributed by atoms with van der Waals surface area (Å²) < 4.78 is 51.3. The number of nitrogens with zero attached hydrogens (tertiary/aromatic N) is 1. The van der Waals surface area contributed by atoms with E-state index in [1.165, 1.54) is 0 Å². The molecule has 8 nitrogen and oxygen atoms in total. The van der Waals surface area contributed by atoms with Crippen LogP contribution in [-0.2, 0) is 23.8 Å². The molecular weight excluding hydrogens is 465 g/mol. The van der Waals surface area contributed by atoms with Crippen LogP contribution in [0.3, 0.4) is 0 Å². The normalized spacial score (nSPS) is 25.9. The lowest BCUT2D eigenvalue weighted by Gasteiger charge is -2.39. The van der Waals surface area contributed by atoms with Gasteiger partial charge in [0, 0.05) is 10.5 Å². The topological polar surface area (TPSA) is 128 Å². The lowest BCUT2D eigenvalue weighted by atomic mass is 9.99. The van der Waals surface area contributed by atoms with Crippen molar-refractivity contribution in [2.75, 3.05) is 12.4 Å². The molecule has 1 saturated heterocycles. The van der Waals surface area contributed by atoms with E-state index in [2.05, 4.69) is 12.0 Å². The number of aryl methyl sites for hydroxylation is 1. The van der Waals surface area contributed by atoms with Crippen LogP contribution in [0.15, 0.2) is 29.2 Å². The van der Waals surface area contributed by atoms with Gasteiger partial charge in [0.15, 0.2) is 0 Å². The molecule has 0 amide bonds. The Bertz CT molecular complexity index is 910. The van der Waals surface area contributed by atoms with Gasteiger partial charge in [-0.05, 0) is 42.7 Å². The van der Waals surface area contributed by atoms with Crippen molar-refractivity contribution < 1.29 is 43.1 Å². The molecule has 1 aliphatic rings. The van der Waals surface area contributed by atoms with Gasteiger partial charge in [-0.1, -0.05) is 19.1 Å². The fraction of sp³-hybridized carbons (Fsp3) is 0.571. The Morgan fingerprint density at radius 2 is 1.91 bits per heavy atom. The third-order valence-corrected chi connectivity index (χ3v) is 6.42. The molecule has 2 heterocycles. The van der Waals surface area contributed by atoms with Gasteiger partial charge >= 0.3 is 6.18 Å². The molecule has 0 aliphatic carbocycles. The summed E-state index contributed by atoms with van der Waals surface area (Å²) in [5, 5.41) is 44.8. The highest BCUT2D eigenvalue weighted by molar-refractivity contribution is 7.99. The first kappa shape index (κ1) is 25.8. The minimum atomic E-state index is -4.72. The van der Waals surface area contributed by atoms with Crippen molar-refractivity contribution in [2.45, 2.75) is 68.0 Å². The zero-order valence-corrected chi connectivity index (χ0v) is 18.6. The highest BCUT2D eigenvalue weighted by Crippen LogP contribution is 2.36. The number of halogens is 3. The van der Waals surface area contributed by atoms with Gasteiger partial charge < -0.3 is 29.9 Å². The number of hydrogen-bond acceptors (Lipinski definition) is 8. The summed E-state index contributed by atoms with van der Waals surface area (Å²) in [5.74, 6) is 0.490. The average Bonchev–Trinajstić information content (AvgIpc) is 3.20. The van der Waals surface area contributed by atoms with E-state index in [9.17, 15) is 33.6 Å². The molecule has 1 aromatic heterocycles. The van der Waals surface area contributed by atoms with Crippen LogP contribution in [0.1, 0.15) is 30.2 Å². The van der Waals surface area contributed by atoms with Crippen molar-refractivity contribution in [2.24, 2.45) is 0 Å². The smallest absolute Gasteiger partial charge is 0.433 e. The molecule has 0 radical (unpaired) electrons. The predicted octanol–water partition coefficient (Wildman–Crippen LogP) is 1.89. The number of H-pyrrole nitrogens is 1. The number of ether oxygens (including phenoxy) is 2. The molecule has 1 fully saturated rings. The number of aliphatic hydroxyl groups excluding tert-OH is 4. The summed E-state index contributed by atoms with van der Waals surface area (Å²) in [5.41, 5.74) is -0.506. The van der Waals surface area contributed by atoms with Crippen molar-refractivity contribution in [1.29, 1.82) is 0 Å². The number of alkyl halides is 3. The van der Waals surface area contributed by atoms with Crippen LogP contribution in [-0.4, -0.2) is 73.7 Å². The first-order chi connectivity index (χ1) is 15.7. The monoisotopic (exact) mass is 492 g/mol. The fourth-order valence-electron chi connectivity index (χ4n) is 3.47. The molecule has 184 valence electrons. The molecule has 0 spiro atoms. The minimum Gasteiger partial charge on any atom is -0.443 e. The van der Waals surface area contributed by atoms with Gasteiger partial charge in [-0.3, -0.25) is 5.10 Å². The first-order valence-electron chi connectivity index (χ1n) is 10.5. The fourth-order valence-corrected chi connectivity index (χ4v) is 4.32. The number of benzene rings is 1. The van der Waals surface area contributed by atoms with Crippen molar-refractivity contribution in [3.05, 3.63) is 41.1 Å². The molecule has 0 saturated carbocycles. The zero-order valence-electron chi connectivity index (χ0n) is 17.8. The number of thioether (sulfide) groups is 1. The molecule has 12 heteroatoms. The van der Waals surface area contributed by atoms with Crippen LogP contribution >= 0.6 is 11.8 Å². The lowest BCUT2D eigenvalue weighted by molar-refractivity contribution is -0.278. The molecule has 1 aliphatic heterocycles. The second-order valence-electron chi connectivity index (χ2n) is 7.69. The average molecular weight is 493 g/mol. The second-order valence-corrected chi connectivity index (χ2v) is 8.86. The van der Waals surface area contributed by atoms with Gasteiger partial charge in [0.05, 0.1) is 6.61 Å². The summed E-state index contributed by atoms with van der Waals surface area (Å²) in [7, 11) is 0. The summed E-state index contributed by atoms with van der Waals surface area (Å²) in [6.07, 6.45) is -11.5. The highest BCUT2D eigenvalue weighted by Gasteiger charge is 2.46. The molecule has 3 rings (SSSR count). The number of aromatic nitrogens is 2. The Balaban J connectivity index is 1.81. The van der Waals surface area contributed by atoms with Crippen LogP contribution in [0.5, 0.6) is 5.88 Å². The number of rotatable bonds is 9. The summed E-state index contributed by atoms with van der Waals surface area (Å²) in [4.78, 5) is 1.02. The molecule has 0 bridgehead atoms. The SMILES string of the molecule is CCCSc1cccc(CCc2c(O[C@@H]3O[C@H](CO)[C@@H](O)[C@H](O)[C@H]3O)n[nH]c2C(F)(F)F)c1. The molecule has 5 N–H and O–H groups in total. The number of aliphatic hydroxyl groups is 4. The molecular formula is C21H27F3N2O6S. The largest absolute Gasteiger partial charge is 0.443 e.